The summed E-state index contributed by atoms with van der Waals surface area (Å²) in [4.78, 5) is 0. The molecule has 9 rings (SSSR count). The quantitative estimate of drug-likeness (QED) is 0.136. The summed E-state index contributed by atoms with van der Waals surface area (Å²) < 4.78 is 2.68. The minimum absolute atomic E-state index is 0.850. The third-order valence-electron chi connectivity index (χ3n) is 9.35. The highest BCUT2D eigenvalue weighted by molar-refractivity contribution is 7.25. The van der Waals surface area contributed by atoms with Gasteiger partial charge in [0.15, 0.2) is 0 Å². The largest absolute Gasteiger partial charge is 0.135 e. The zero-order valence-corrected chi connectivity index (χ0v) is 26.1. The Balaban J connectivity index is 1.19. The second-order valence-corrected chi connectivity index (χ2v) is 13.1. The Bertz CT molecular complexity index is 2600. The molecule has 1 heterocycles. The fraction of sp³-hybridized carbons (Fsp3) is 0.0222. The molecule has 9 aromatic rings. The fourth-order valence-corrected chi connectivity index (χ4v) is 8.33. The number of fused-ring (bicyclic) bond motifs is 7. The normalized spacial score (nSPS) is 11.9. The maximum absolute atomic E-state index is 2.38. The molecule has 0 aliphatic carbocycles. The van der Waals surface area contributed by atoms with Crippen LogP contribution in [0.1, 0.15) is 11.1 Å². The SMILES string of the molecule is C(=C\c1c2ccccc2c(-c2ccccc2)c2c1ccc1ccccc12)/Cc1ccccc1-c1ccc2sc3ccccc3c2c1. The molecule has 0 spiro atoms. The Hall–Kier alpha value is -5.50. The first kappa shape index (κ1) is 26.9. The molecule has 0 N–H and O–H groups in total. The van der Waals surface area contributed by atoms with Gasteiger partial charge >= 0.3 is 0 Å². The van der Waals surface area contributed by atoms with E-state index in [0.29, 0.717) is 0 Å². The summed E-state index contributed by atoms with van der Waals surface area (Å²) in [5.41, 5.74) is 7.73. The van der Waals surface area contributed by atoms with Crippen LogP contribution in [0.2, 0.25) is 0 Å². The van der Waals surface area contributed by atoms with Crippen LogP contribution in [0.4, 0.5) is 0 Å². The van der Waals surface area contributed by atoms with Crippen molar-refractivity contribution in [3.8, 4) is 22.3 Å². The molecule has 0 aliphatic rings. The van der Waals surface area contributed by atoms with Gasteiger partial charge < -0.3 is 0 Å². The molecule has 0 atom stereocenters. The Labute approximate surface area is 272 Å². The first-order valence-electron chi connectivity index (χ1n) is 15.9. The first-order chi connectivity index (χ1) is 22.8. The topological polar surface area (TPSA) is 0 Å². The third kappa shape index (κ3) is 4.43. The van der Waals surface area contributed by atoms with Crippen molar-refractivity contribution >= 4 is 69.9 Å². The maximum atomic E-state index is 2.38. The third-order valence-corrected chi connectivity index (χ3v) is 10.5. The smallest absolute Gasteiger partial charge is 0.0355 e. The van der Waals surface area contributed by atoms with E-state index in [1.54, 1.807) is 0 Å². The van der Waals surface area contributed by atoms with Gasteiger partial charge in [0.1, 0.15) is 0 Å². The molecule has 8 aromatic carbocycles. The molecule has 46 heavy (non-hydrogen) atoms. The van der Waals surface area contributed by atoms with Crippen LogP contribution in [0.25, 0.3) is 80.8 Å². The number of hydrogen-bond donors (Lipinski definition) is 0. The van der Waals surface area contributed by atoms with Crippen LogP contribution in [-0.4, -0.2) is 0 Å². The van der Waals surface area contributed by atoms with Crippen LogP contribution in [-0.2, 0) is 6.42 Å². The summed E-state index contributed by atoms with van der Waals surface area (Å²) in [5.74, 6) is 0. The van der Waals surface area contributed by atoms with E-state index >= 15 is 0 Å². The lowest BCUT2D eigenvalue weighted by atomic mass is 9.86. The molecular formula is C45H30S. The Morgan fingerprint density at radius 1 is 0.457 bits per heavy atom. The van der Waals surface area contributed by atoms with Crippen LogP contribution < -0.4 is 0 Å². The lowest BCUT2D eigenvalue weighted by Crippen LogP contribution is -1.92. The Morgan fingerprint density at radius 2 is 1.15 bits per heavy atom. The Morgan fingerprint density at radius 3 is 2.04 bits per heavy atom. The highest BCUT2D eigenvalue weighted by Crippen LogP contribution is 2.43. The van der Waals surface area contributed by atoms with Gasteiger partial charge in [0.05, 0.1) is 0 Å². The highest BCUT2D eigenvalue weighted by Gasteiger charge is 2.16. The molecule has 0 aliphatic heterocycles. The molecule has 0 nitrogen and oxygen atoms in total. The molecule has 0 saturated carbocycles. The van der Waals surface area contributed by atoms with E-state index in [2.05, 4.69) is 170 Å². The van der Waals surface area contributed by atoms with E-state index in [4.69, 9.17) is 0 Å². The molecule has 0 unspecified atom stereocenters. The van der Waals surface area contributed by atoms with Crippen molar-refractivity contribution in [3.63, 3.8) is 0 Å². The van der Waals surface area contributed by atoms with Crippen molar-refractivity contribution in [3.05, 3.63) is 175 Å². The van der Waals surface area contributed by atoms with Crippen LogP contribution in [0.15, 0.2) is 164 Å². The zero-order valence-electron chi connectivity index (χ0n) is 25.3. The van der Waals surface area contributed by atoms with E-state index in [9.17, 15) is 0 Å². The van der Waals surface area contributed by atoms with Crippen molar-refractivity contribution in [1.82, 2.24) is 0 Å². The van der Waals surface area contributed by atoms with E-state index in [1.165, 1.54) is 85.9 Å². The van der Waals surface area contributed by atoms with Crippen LogP contribution in [0.3, 0.4) is 0 Å². The summed E-state index contributed by atoms with van der Waals surface area (Å²) >= 11 is 1.87. The van der Waals surface area contributed by atoms with Gasteiger partial charge in [0.25, 0.3) is 0 Å². The molecule has 1 aromatic heterocycles. The molecule has 0 amide bonds. The van der Waals surface area contributed by atoms with Gasteiger partial charge in [-0.05, 0) is 90.3 Å². The second-order valence-electron chi connectivity index (χ2n) is 12.0. The highest BCUT2D eigenvalue weighted by atomic mass is 32.1. The Kier molecular flexibility index (Phi) is 6.51. The molecular weight excluding hydrogens is 573 g/mol. The summed E-state index contributed by atoms with van der Waals surface area (Å²) in [6, 6.07) is 57.7. The minimum atomic E-state index is 0.850. The second kappa shape index (κ2) is 11.1. The molecule has 0 radical (unpaired) electrons. The summed E-state index contributed by atoms with van der Waals surface area (Å²) in [5, 5.41) is 10.4. The molecule has 0 bridgehead atoms. The molecule has 1 heteroatoms. The monoisotopic (exact) mass is 602 g/mol. The lowest BCUT2D eigenvalue weighted by molar-refractivity contribution is 1.28. The van der Waals surface area contributed by atoms with Crippen molar-refractivity contribution in [2.24, 2.45) is 0 Å². The first-order valence-corrected chi connectivity index (χ1v) is 16.7. The number of benzene rings is 8. The van der Waals surface area contributed by atoms with Crippen molar-refractivity contribution in [2.75, 3.05) is 0 Å². The maximum Gasteiger partial charge on any atom is 0.0355 e. The predicted molar refractivity (Wildman–Crippen MR) is 202 cm³/mol. The standard InChI is InChI=1S/C45H30S/c1-2-15-32(16-3-1)44-39-22-9-8-20-36(39)37(40-27-25-31-14-5-7-19-35(31)45(40)44)23-12-17-30-13-4-6-18-34(30)33-26-28-43-41(29-33)38-21-10-11-24-42(38)46-43/h1-16,18-29H,17H2/b23-12+. The van der Waals surface area contributed by atoms with Gasteiger partial charge in [0, 0.05) is 20.2 Å². The molecule has 0 saturated heterocycles. The van der Waals surface area contributed by atoms with Gasteiger partial charge in [0.2, 0.25) is 0 Å². The predicted octanol–water partition coefficient (Wildman–Crippen LogP) is 13.1. The summed E-state index contributed by atoms with van der Waals surface area (Å²) in [6.07, 6.45) is 5.57. The number of allylic oxidation sites excluding steroid dienone is 1. The number of thiophene rings is 1. The van der Waals surface area contributed by atoms with E-state index in [0.717, 1.165) is 6.42 Å². The van der Waals surface area contributed by atoms with E-state index in [1.807, 2.05) is 11.3 Å². The molecule has 0 fully saturated rings. The van der Waals surface area contributed by atoms with Crippen molar-refractivity contribution < 1.29 is 0 Å². The van der Waals surface area contributed by atoms with Gasteiger partial charge in [-0.15, -0.1) is 11.3 Å². The van der Waals surface area contributed by atoms with Gasteiger partial charge in [-0.3, -0.25) is 0 Å². The van der Waals surface area contributed by atoms with Gasteiger partial charge in [-0.25, -0.2) is 0 Å². The van der Waals surface area contributed by atoms with E-state index in [-0.39, 0.29) is 0 Å². The average Bonchev–Trinajstić information content (AvgIpc) is 3.50. The van der Waals surface area contributed by atoms with E-state index < -0.39 is 0 Å². The minimum Gasteiger partial charge on any atom is -0.135 e. The van der Waals surface area contributed by atoms with Gasteiger partial charge in [-0.2, -0.15) is 0 Å². The number of rotatable bonds is 5. The van der Waals surface area contributed by atoms with Gasteiger partial charge in [-0.1, -0.05) is 152 Å². The van der Waals surface area contributed by atoms with Crippen molar-refractivity contribution in [1.29, 1.82) is 0 Å². The summed E-state index contributed by atoms with van der Waals surface area (Å²) in [6.45, 7) is 0. The number of hydrogen-bond acceptors (Lipinski definition) is 1. The van der Waals surface area contributed by atoms with Crippen LogP contribution >= 0.6 is 11.3 Å². The van der Waals surface area contributed by atoms with Crippen LogP contribution in [0.5, 0.6) is 0 Å². The van der Waals surface area contributed by atoms with Crippen LogP contribution in [0, 0.1) is 0 Å². The lowest BCUT2D eigenvalue weighted by Gasteiger charge is -2.17. The van der Waals surface area contributed by atoms with Crippen molar-refractivity contribution in [2.45, 2.75) is 6.42 Å². The molecule has 216 valence electrons. The zero-order chi connectivity index (χ0) is 30.5. The summed E-state index contributed by atoms with van der Waals surface area (Å²) in [7, 11) is 0. The fourth-order valence-electron chi connectivity index (χ4n) is 7.24. The average molecular weight is 603 g/mol.